The second-order valence-corrected chi connectivity index (χ2v) is 4.57. The Morgan fingerprint density at radius 1 is 1.10 bits per heavy atom. The smallest absolute Gasteiger partial charge is 0.220 e. The molecule has 0 saturated carbocycles. The third-order valence-electron chi connectivity index (χ3n) is 2.62. The molecule has 1 amide bonds. The summed E-state index contributed by atoms with van der Waals surface area (Å²) >= 11 is 5.75. The molecule has 0 aliphatic heterocycles. The van der Waals surface area contributed by atoms with Gasteiger partial charge >= 0.3 is 0 Å². The molecule has 0 aromatic heterocycles. The van der Waals surface area contributed by atoms with E-state index < -0.39 is 0 Å². The van der Waals surface area contributed by atoms with E-state index >= 15 is 0 Å². The van der Waals surface area contributed by atoms with E-state index in [1.807, 2.05) is 6.92 Å². The Bertz CT molecular complexity index is 422. The summed E-state index contributed by atoms with van der Waals surface area (Å²) in [4.78, 5) is 23.3. The first-order chi connectivity index (χ1) is 9.13. The maximum Gasteiger partial charge on any atom is 0.220 e. The van der Waals surface area contributed by atoms with Crippen LogP contribution >= 0.6 is 24.0 Å². The first-order valence-electron chi connectivity index (χ1n) is 6.39. The Labute approximate surface area is 130 Å². The standard InChI is InChI=1S/C14H19ClN2O2.ClH/c1-2-16-9-10-17-14(19)8-7-13(18)11-3-5-12(15)6-4-11;/h3-6,16H,2,7-10H2,1H3,(H,17,19);1H. The SMILES string of the molecule is CCNCCNC(=O)CCC(=O)c1ccc(Cl)cc1.Cl. The molecule has 0 bridgehead atoms. The molecule has 0 unspecified atom stereocenters. The summed E-state index contributed by atoms with van der Waals surface area (Å²) in [5.41, 5.74) is 0.588. The van der Waals surface area contributed by atoms with E-state index in [0.717, 1.165) is 13.1 Å². The van der Waals surface area contributed by atoms with Crippen molar-refractivity contribution in [2.45, 2.75) is 19.8 Å². The lowest BCUT2D eigenvalue weighted by atomic mass is 10.1. The fourth-order valence-electron chi connectivity index (χ4n) is 1.56. The summed E-state index contributed by atoms with van der Waals surface area (Å²) < 4.78 is 0. The molecule has 0 aliphatic rings. The van der Waals surface area contributed by atoms with E-state index in [2.05, 4.69) is 10.6 Å². The van der Waals surface area contributed by atoms with E-state index in [4.69, 9.17) is 11.6 Å². The summed E-state index contributed by atoms with van der Waals surface area (Å²) in [5, 5.41) is 6.46. The lowest BCUT2D eigenvalue weighted by molar-refractivity contribution is -0.121. The molecule has 2 N–H and O–H groups in total. The van der Waals surface area contributed by atoms with Crippen molar-refractivity contribution in [3.05, 3.63) is 34.9 Å². The number of carbonyl (C=O) groups excluding carboxylic acids is 2. The molecule has 1 aromatic rings. The molecule has 0 atom stereocenters. The van der Waals surface area contributed by atoms with E-state index in [-0.39, 0.29) is 36.9 Å². The van der Waals surface area contributed by atoms with Crippen molar-refractivity contribution in [2.24, 2.45) is 0 Å². The Morgan fingerprint density at radius 2 is 1.75 bits per heavy atom. The fraction of sp³-hybridized carbons (Fsp3) is 0.429. The fourth-order valence-corrected chi connectivity index (χ4v) is 1.69. The molecule has 0 heterocycles. The molecule has 112 valence electrons. The van der Waals surface area contributed by atoms with Crippen LogP contribution in [0.15, 0.2) is 24.3 Å². The van der Waals surface area contributed by atoms with Gasteiger partial charge in [-0.05, 0) is 30.8 Å². The number of carbonyl (C=O) groups is 2. The molecule has 1 rings (SSSR count). The number of Topliss-reactive ketones (excluding diaryl/α,β-unsaturated/α-hetero) is 1. The molecular weight excluding hydrogens is 299 g/mol. The Hall–Kier alpha value is -1.10. The van der Waals surface area contributed by atoms with Gasteiger partial charge in [-0.25, -0.2) is 0 Å². The minimum Gasteiger partial charge on any atom is -0.355 e. The van der Waals surface area contributed by atoms with Crippen molar-refractivity contribution in [3.63, 3.8) is 0 Å². The van der Waals surface area contributed by atoms with Gasteiger partial charge in [-0.2, -0.15) is 0 Å². The summed E-state index contributed by atoms with van der Waals surface area (Å²) in [7, 11) is 0. The molecule has 20 heavy (non-hydrogen) atoms. The van der Waals surface area contributed by atoms with Crippen LogP contribution in [0.25, 0.3) is 0 Å². The van der Waals surface area contributed by atoms with E-state index in [9.17, 15) is 9.59 Å². The van der Waals surface area contributed by atoms with Crippen molar-refractivity contribution in [1.82, 2.24) is 10.6 Å². The van der Waals surface area contributed by atoms with E-state index in [0.29, 0.717) is 17.1 Å². The zero-order chi connectivity index (χ0) is 14.1. The number of rotatable bonds is 8. The molecule has 4 nitrogen and oxygen atoms in total. The van der Waals surface area contributed by atoms with Gasteiger partial charge < -0.3 is 10.6 Å². The lowest BCUT2D eigenvalue weighted by Crippen LogP contribution is -2.31. The normalized spacial score (nSPS) is 9.70. The predicted molar refractivity (Wildman–Crippen MR) is 83.8 cm³/mol. The third-order valence-corrected chi connectivity index (χ3v) is 2.87. The number of ketones is 1. The van der Waals surface area contributed by atoms with Crippen molar-refractivity contribution in [1.29, 1.82) is 0 Å². The molecule has 0 fully saturated rings. The van der Waals surface area contributed by atoms with Crippen LogP contribution in [0.4, 0.5) is 0 Å². The zero-order valence-electron chi connectivity index (χ0n) is 11.4. The summed E-state index contributed by atoms with van der Waals surface area (Å²) in [6.45, 7) is 4.21. The van der Waals surface area contributed by atoms with Gasteiger partial charge in [0.15, 0.2) is 5.78 Å². The van der Waals surface area contributed by atoms with Gasteiger partial charge in [0.2, 0.25) is 5.91 Å². The minimum atomic E-state index is -0.0970. The van der Waals surface area contributed by atoms with Gasteiger partial charge in [0.05, 0.1) is 0 Å². The topological polar surface area (TPSA) is 58.2 Å². The van der Waals surface area contributed by atoms with Crippen LogP contribution in [0, 0.1) is 0 Å². The zero-order valence-corrected chi connectivity index (χ0v) is 13.0. The molecule has 0 spiro atoms. The van der Waals surface area contributed by atoms with Gasteiger partial charge in [-0.1, -0.05) is 18.5 Å². The number of benzene rings is 1. The Kier molecular flexibility index (Phi) is 10.1. The van der Waals surface area contributed by atoms with Gasteiger partial charge in [-0.15, -0.1) is 12.4 Å². The van der Waals surface area contributed by atoms with Crippen molar-refractivity contribution in [3.8, 4) is 0 Å². The average molecular weight is 319 g/mol. The highest BCUT2D eigenvalue weighted by molar-refractivity contribution is 6.30. The summed E-state index contributed by atoms with van der Waals surface area (Å²) in [6.07, 6.45) is 0.433. The number of nitrogens with one attached hydrogen (secondary N) is 2. The number of hydrogen-bond donors (Lipinski definition) is 2. The third kappa shape index (κ3) is 7.48. The number of hydrogen-bond acceptors (Lipinski definition) is 3. The van der Waals surface area contributed by atoms with Gasteiger partial charge in [0.25, 0.3) is 0 Å². The first kappa shape index (κ1) is 18.9. The van der Waals surface area contributed by atoms with Crippen molar-refractivity contribution in [2.75, 3.05) is 19.6 Å². The molecule has 6 heteroatoms. The Balaban J connectivity index is 0.00000361. The summed E-state index contributed by atoms with van der Waals surface area (Å²) in [5.74, 6) is -0.140. The predicted octanol–water partition coefficient (Wildman–Crippen LogP) is 2.45. The molecule has 1 aromatic carbocycles. The molecule has 0 radical (unpaired) electrons. The maximum atomic E-state index is 11.8. The number of amides is 1. The second-order valence-electron chi connectivity index (χ2n) is 4.13. The molecule has 0 saturated heterocycles. The first-order valence-corrected chi connectivity index (χ1v) is 6.77. The van der Waals surface area contributed by atoms with Crippen LogP contribution < -0.4 is 10.6 Å². The Morgan fingerprint density at radius 3 is 2.35 bits per heavy atom. The monoisotopic (exact) mass is 318 g/mol. The summed E-state index contributed by atoms with van der Waals surface area (Å²) in [6, 6.07) is 6.69. The van der Waals surface area contributed by atoms with Crippen LogP contribution in [0.5, 0.6) is 0 Å². The lowest BCUT2D eigenvalue weighted by Gasteiger charge is -2.05. The van der Waals surface area contributed by atoms with Crippen LogP contribution in [-0.4, -0.2) is 31.3 Å². The highest BCUT2D eigenvalue weighted by Crippen LogP contribution is 2.11. The van der Waals surface area contributed by atoms with Gasteiger partial charge in [-0.3, -0.25) is 9.59 Å². The van der Waals surface area contributed by atoms with Crippen LogP contribution in [-0.2, 0) is 4.79 Å². The maximum absolute atomic E-state index is 11.8. The minimum absolute atomic E-state index is 0. The van der Waals surface area contributed by atoms with Crippen molar-refractivity contribution < 1.29 is 9.59 Å². The van der Waals surface area contributed by atoms with Crippen molar-refractivity contribution >= 4 is 35.7 Å². The quantitative estimate of drug-likeness (QED) is 0.572. The van der Waals surface area contributed by atoms with Gasteiger partial charge in [0.1, 0.15) is 0 Å². The highest BCUT2D eigenvalue weighted by Gasteiger charge is 2.08. The van der Waals surface area contributed by atoms with E-state index in [1.165, 1.54) is 0 Å². The highest BCUT2D eigenvalue weighted by atomic mass is 35.5. The largest absolute Gasteiger partial charge is 0.355 e. The van der Waals surface area contributed by atoms with Crippen LogP contribution in [0.2, 0.25) is 5.02 Å². The second kappa shape index (κ2) is 10.7. The van der Waals surface area contributed by atoms with Crippen LogP contribution in [0.3, 0.4) is 0 Å². The molecular formula is C14H20Cl2N2O2. The van der Waals surface area contributed by atoms with E-state index in [1.54, 1.807) is 24.3 Å². The average Bonchev–Trinajstić information content (AvgIpc) is 2.42. The number of likely N-dealkylation sites (N-methyl/N-ethyl adjacent to an activating group) is 1. The van der Waals surface area contributed by atoms with Crippen LogP contribution in [0.1, 0.15) is 30.1 Å². The number of halogens is 2. The van der Waals surface area contributed by atoms with Gasteiger partial charge in [0, 0.05) is 36.5 Å². The molecule has 0 aliphatic carbocycles.